The van der Waals surface area contributed by atoms with Crippen molar-refractivity contribution < 1.29 is 9.18 Å². The molecule has 0 aliphatic rings. The normalized spacial score (nSPS) is 11.4. The Morgan fingerprint density at radius 2 is 2.10 bits per heavy atom. The topological polar surface area (TPSA) is 118 Å². The number of aromatic amines is 1. The lowest BCUT2D eigenvalue weighted by molar-refractivity contribution is -0.113. The lowest BCUT2D eigenvalue weighted by Crippen LogP contribution is -2.15. The molecule has 31 heavy (non-hydrogen) atoms. The summed E-state index contributed by atoms with van der Waals surface area (Å²) in [4.78, 5) is 32.8. The van der Waals surface area contributed by atoms with E-state index in [2.05, 4.69) is 44.4 Å². The Bertz CT molecular complexity index is 1300. The standard InChI is InChI=1S/C19H18FN7O2S2/c1-10(2)7-16-24-25-18(31-16)22-15(29)9-30-19-23-17(11-5-3-4-6-12(11)20)21-13-8-14(28)26-27(13)19/h3-6,8,10H,7,9H2,1-2H3,(H,26,28)(H,22,25,29). The smallest absolute Gasteiger partial charge is 0.266 e. The van der Waals surface area contributed by atoms with Crippen molar-refractivity contribution in [2.24, 2.45) is 5.92 Å². The third-order valence-corrected chi connectivity index (χ3v) is 5.87. The summed E-state index contributed by atoms with van der Waals surface area (Å²) < 4.78 is 15.6. The predicted octanol–water partition coefficient (Wildman–Crippen LogP) is 3.00. The second kappa shape index (κ2) is 8.94. The van der Waals surface area contributed by atoms with E-state index in [-0.39, 0.29) is 34.3 Å². The van der Waals surface area contributed by atoms with Gasteiger partial charge >= 0.3 is 0 Å². The van der Waals surface area contributed by atoms with Crippen molar-refractivity contribution in [1.82, 2.24) is 29.8 Å². The van der Waals surface area contributed by atoms with Crippen LogP contribution in [0, 0.1) is 11.7 Å². The van der Waals surface area contributed by atoms with E-state index in [1.807, 2.05) is 0 Å². The van der Waals surface area contributed by atoms with E-state index in [9.17, 15) is 14.0 Å². The third kappa shape index (κ3) is 4.97. The predicted molar refractivity (Wildman–Crippen MR) is 117 cm³/mol. The Hall–Kier alpha value is -3.12. The van der Waals surface area contributed by atoms with Crippen molar-refractivity contribution in [2.45, 2.75) is 25.4 Å². The van der Waals surface area contributed by atoms with Crippen LogP contribution in [0.25, 0.3) is 17.0 Å². The summed E-state index contributed by atoms with van der Waals surface area (Å²) in [6.45, 7) is 4.17. The zero-order valence-electron chi connectivity index (χ0n) is 16.6. The first kappa shape index (κ1) is 21.1. The number of amides is 1. The molecule has 3 heterocycles. The highest BCUT2D eigenvalue weighted by Gasteiger charge is 2.16. The molecule has 0 atom stereocenters. The first-order valence-corrected chi connectivity index (χ1v) is 11.2. The highest BCUT2D eigenvalue weighted by Crippen LogP contribution is 2.24. The molecule has 4 aromatic rings. The Labute approximate surface area is 184 Å². The van der Waals surface area contributed by atoms with Gasteiger partial charge in [-0.2, -0.15) is 0 Å². The minimum Gasteiger partial charge on any atom is -0.300 e. The number of anilines is 1. The molecule has 9 nitrogen and oxygen atoms in total. The van der Waals surface area contributed by atoms with Gasteiger partial charge in [0.2, 0.25) is 11.0 Å². The molecule has 1 aromatic carbocycles. The molecular formula is C19H18FN7O2S2. The van der Waals surface area contributed by atoms with Gasteiger partial charge in [-0.1, -0.05) is 49.1 Å². The summed E-state index contributed by atoms with van der Waals surface area (Å²) in [6, 6.07) is 7.39. The van der Waals surface area contributed by atoms with Crippen LogP contribution in [-0.4, -0.2) is 41.4 Å². The van der Waals surface area contributed by atoms with Crippen molar-refractivity contribution in [3.8, 4) is 11.4 Å². The Kier molecular flexibility index (Phi) is 6.09. The highest BCUT2D eigenvalue weighted by molar-refractivity contribution is 7.99. The molecule has 0 fully saturated rings. The number of nitrogens with zero attached hydrogens (tertiary/aromatic N) is 5. The van der Waals surface area contributed by atoms with E-state index in [0.29, 0.717) is 16.2 Å². The van der Waals surface area contributed by atoms with Gasteiger partial charge in [-0.05, 0) is 18.1 Å². The van der Waals surface area contributed by atoms with E-state index in [1.165, 1.54) is 28.0 Å². The molecule has 160 valence electrons. The number of benzene rings is 1. The van der Waals surface area contributed by atoms with Gasteiger partial charge in [-0.15, -0.1) is 10.2 Å². The molecule has 0 saturated heterocycles. The van der Waals surface area contributed by atoms with E-state index >= 15 is 0 Å². The van der Waals surface area contributed by atoms with E-state index in [0.717, 1.165) is 23.2 Å². The number of carbonyl (C=O) groups is 1. The second-order valence-electron chi connectivity index (χ2n) is 7.06. The SMILES string of the molecule is CC(C)Cc1nnc(NC(=O)CSc2nc(-c3ccccc3F)nc3cc(=O)[nH]n23)s1. The zero-order valence-corrected chi connectivity index (χ0v) is 18.3. The molecule has 2 N–H and O–H groups in total. The van der Waals surface area contributed by atoms with Gasteiger partial charge in [0, 0.05) is 12.5 Å². The Morgan fingerprint density at radius 3 is 2.87 bits per heavy atom. The number of hydrogen-bond donors (Lipinski definition) is 2. The molecule has 0 aliphatic carbocycles. The average Bonchev–Trinajstić information content (AvgIpc) is 3.31. The molecule has 0 bridgehead atoms. The fraction of sp³-hybridized carbons (Fsp3) is 0.263. The Balaban J connectivity index is 1.53. The number of aromatic nitrogens is 6. The first-order chi connectivity index (χ1) is 14.9. The summed E-state index contributed by atoms with van der Waals surface area (Å²) in [5, 5.41) is 14.9. The highest BCUT2D eigenvalue weighted by atomic mass is 32.2. The van der Waals surface area contributed by atoms with E-state index < -0.39 is 5.82 Å². The summed E-state index contributed by atoms with van der Waals surface area (Å²) in [5.74, 6) is -0.206. The molecule has 4 rings (SSSR count). The van der Waals surface area contributed by atoms with Crippen LogP contribution in [0.1, 0.15) is 18.9 Å². The number of carbonyl (C=O) groups excluding carboxylic acids is 1. The van der Waals surface area contributed by atoms with Crippen molar-refractivity contribution in [1.29, 1.82) is 0 Å². The fourth-order valence-corrected chi connectivity index (χ4v) is 4.48. The largest absolute Gasteiger partial charge is 0.300 e. The van der Waals surface area contributed by atoms with Crippen LogP contribution in [0.5, 0.6) is 0 Å². The molecule has 3 aromatic heterocycles. The van der Waals surface area contributed by atoms with Crippen LogP contribution < -0.4 is 10.9 Å². The average molecular weight is 460 g/mol. The van der Waals surface area contributed by atoms with Crippen molar-refractivity contribution in [3.63, 3.8) is 0 Å². The van der Waals surface area contributed by atoms with E-state index in [4.69, 9.17) is 0 Å². The summed E-state index contributed by atoms with van der Waals surface area (Å²) in [7, 11) is 0. The summed E-state index contributed by atoms with van der Waals surface area (Å²) in [6.07, 6.45) is 0.793. The molecule has 12 heteroatoms. The van der Waals surface area contributed by atoms with Crippen LogP contribution in [-0.2, 0) is 11.2 Å². The maximum absolute atomic E-state index is 14.2. The van der Waals surface area contributed by atoms with Crippen LogP contribution in [0.4, 0.5) is 9.52 Å². The zero-order chi connectivity index (χ0) is 22.0. The quantitative estimate of drug-likeness (QED) is 0.408. The lowest BCUT2D eigenvalue weighted by Gasteiger charge is -2.07. The van der Waals surface area contributed by atoms with Crippen LogP contribution in [0.15, 0.2) is 40.3 Å². The summed E-state index contributed by atoms with van der Waals surface area (Å²) >= 11 is 2.42. The molecular weight excluding hydrogens is 441 g/mol. The number of H-pyrrole nitrogens is 1. The number of hydrogen-bond acceptors (Lipinski definition) is 8. The number of rotatable bonds is 7. The van der Waals surface area contributed by atoms with Gasteiger partial charge in [-0.3, -0.25) is 20.0 Å². The fourth-order valence-electron chi connectivity index (χ4n) is 2.76. The number of nitrogens with one attached hydrogen (secondary N) is 2. The molecule has 0 spiro atoms. The minimum atomic E-state index is -0.480. The van der Waals surface area contributed by atoms with Crippen molar-refractivity contribution in [3.05, 3.63) is 51.5 Å². The van der Waals surface area contributed by atoms with Gasteiger partial charge < -0.3 is 0 Å². The molecule has 0 unspecified atom stereocenters. The third-order valence-electron chi connectivity index (χ3n) is 4.07. The van der Waals surface area contributed by atoms with Gasteiger partial charge in [0.15, 0.2) is 16.6 Å². The van der Waals surface area contributed by atoms with Crippen LogP contribution >= 0.6 is 23.1 Å². The monoisotopic (exact) mass is 459 g/mol. The lowest BCUT2D eigenvalue weighted by atomic mass is 10.1. The number of halogens is 1. The van der Waals surface area contributed by atoms with Crippen molar-refractivity contribution >= 4 is 39.8 Å². The molecule has 0 aliphatic heterocycles. The second-order valence-corrected chi connectivity index (χ2v) is 9.06. The van der Waals surface area contributed by atoms with Gasteiger partial charge in [0.1, 0.15) is 10.8 Å². The van der Waals surface area contributed by atoms with Crippen LogP contribution in [0.2, 0.25) is 0 Å². The van der Waals surface area contributed by atoms with Gasteiger partial charge in [0.05, 0.1) is 11.3 Å². The van der Waals surface area contributed by atoms with Crippen molar-refractivity contribution in [2.75, 3.05) is 11.1 Å². The van der Waals surface area contributed by atoms with Gasteiger partial charge in [-0.25, -0.2) is 18.9 Å². The minimum absolute atomic E-state index is 0.00211. The maximum atomic E-state index is 14.2. The number of fused-ring (bicyclic) bond motifs is 1. The molecule has 0 saturated carbocycles. The van der Waals surface area contributed by atoms with E-state index in [1.54, 1.807) is 18.2 Å². The Morgan fingerprint density at radius 1 is 1.29 bits per heavy atom. The molecule has 0 radical (unpaired) electrons. The first-order valence-electron chi connectivity index (χ1n) is 9.39. The molecule has 1 amide bonds. The van der Waals surface area contributed by atoms with Gasteiger partial charge in [0.25, 0.3) is 5.56 Å². The maximum Gasteiger partial charge on any atom is 0.266 e. The summed E-state index contributed by atoms with van der Waals surface area (Å²) in [5.41, 5.74) is 0.109. The van der Waals surface area contributed by atoms with Crippen LogP contribution in [0.3, 0.4) is 0 Å². The number of thioether (sulfide) groups is 1.